The molecule has 0 saturated carbocycles. The van der Waals surface area contributed by atoms with Gasteiger partial charge in [-0.25, -0.2) is 0 Å². The molecule has 0 saturated heterocycles. The second-order valence-corrected chi connectivity index (χ2v) is 4.41. The molecule has 0 atom stereocenters. The number of allylic oxidation sites excluding steroid dienone is 5. The lowest BCUT2D eigenvalue weighted by Gasteiger charge is -2.18. The summed E-state index contributed by atoms with van der Waals surface area (Å²) in [6.45, 7) is 0. The van der Waals surface area contributed by atoms with E-state index in [2.05, 4.69) is 0 Å². The van der Waals surface area contributed by atoms with Gasteiger partial charge in [0.15, 0.2) is 0 Å². The van der Waals surface area contributed by atoms with E-state index in [1.807, 2.05) is 78.9 Å². The van der Waals surface area contributed by atoms with E-state index in [9.17, 15) is 5.11 Å². The third kappa shape index (κ3) is 2.23. The Kier molecular flexibility index (Phi) is 3.03. The quantitative estimate of drug-likeness (QED) is 0.743. The summed E-state index contributed by atoms with van der Waals surface area (Å²) >= 11 is 0. The van der Waals surface area contributed by atoms with Crippen molar-refractivity contribution in [1.82, 2.24) is 0 Å². The lowest BCUT2D eigenvalue weighted by molar-refractivity contribution is -0.244. The summed E-state index contributed by atoms with van der Waals surface area (Å²) < 4.78 is 0. The Morgan fingerprint density at radius 2 is 1.42 bits per heavy atom. The number of benzene rings is 2. The normalized spacial score (nSPS) is 16.3. The summed E-state index contributed by atoms with van der Waals surface area (Å²) in [6.07, 6.45) is 5.81. The van der Waals surface area contributed by atoms with Crippen molar-refractivity contribution in [3.05, 3.63) is 95.6 Å². The van der Waals surface area contributed by atoms with Crippen molar-refractivity contribution < 1.29 is 5.11 Å². The Labute approximate surface area is 112 Å². The first-order chi connectivity index (χ1) is 9.36. The van der Waals surface area contributed by atoms with E-state index in [-0.39, 0.29) is 5.76 Å². The molecule has 0 N–H and O–H groups in total. The molecule has 0 bridgehead atoms. The largest absolute Gasteiger partial charge is 0.872 e. The molecule has 0 aliphatic heterocycles. The third-order valence-electron chi connectivity index (χ3n) is 3.18. The van der Waals surface area contributed by atoms with Crippen LogP contribution in [0.15, 0.2) is 84.5 Å². The molecule has 0 fully saturated rings. The molecule has 19 heavy (non-hydrogen) atoms. The van der Waals surface area contributed by atoms with Crippen molar-refractivity contribution in [3.8, 4) is 0 Å². The van der Waals surface area contributed by atoms with Crippen molar-refractivity contribution in [2.45, 2.75) is 0 Å². The molecule has 1 aliphatic rings. The molecule has 3 rings (SSSR count). The first-order valence-corrected chi connectivity index (χ1v) is 6.27. The van der Waals surface area contributed by atoms with Gasteiger partial charge in [0.25, 0.3) is 0 Å². The molecule has 0 unspecified atom stereocenters. The Morgan fingerprint density at radius 3 is 2.11 bits per heavy atom. The number of hydrogen-bond donors (Lipinski definition) is 0. The molecule has 92 valence electrons. The highest BCUT2D eigenvalue weighted by Crippen LogP contribution is 2.32. The molecular weight excluding hydrogens is 232 g/mol. The maximum absolute atomic E-state index is 12.5. The summed E-state index contributed by atoms with van der Waals surface area (Å²) in [5.74, 6) is 0.0736. The van der Waals surface area contributed by atoms with E-state index in [0.717, 1.165) is 22.3 Å². The molecule has 1 aliphatic carbocycles. The average molecular weight is 245 g/mol. The molecule has 2 aromatic rings. The van der Waals surface area contributed by atoms with E-state index in [0.29, 0.717) is 0 Å². The van der Waals surface area contributed by atoms with Crippen molar-refractivity contribution >= 4 is 11.3 Å². The van der Waals surface area contributed by atoms with Gasteiger partial charge in [0.1, 0.15) is 0 Å². The van der Waals surface area contributed by atoms with Crippen LogP contribution in [0.4, 0.5) is 0 Å². The highest BCUT2D eigenvalue weighted by atomic mass is 16.3. The molecule has 0 amide bonds. The van der Waals surface area contributed by atoms with Gasteiger partial charge in [-0.3, -0.25) is 0 Å². The predicted molar refractivity (Wildman–Crippen MR) is 76.9 cm³/mol. The van der Waals surface area contributed by atoms with Crippen LogP contribution >= 0.6 is 0 Å². The molecular formula is C18H13O-. The number of hydrogen-bond acceptors (Lipinski definition) is 1. The zero-order valence-corrected chi connectivity index (χ0v) is 10.4. The van der Waals surface area contributed by atoms with E-state index in [4.69, 9.17) is 0 Å². The van der Waals surface area contributed by atoms with Gasteiger partial charge in [0.05, 0.1) is 0 Å². The summed E-state index contributed by atoms with van der Waals surface area (Å²) in [7, 11) is 0. The summed E-state index contributed by atoms with van der Waals surface area (Å²) in [6, 6.07) is 19.4. The van der Waals surface area contributed by atoms with Gasteiger partial charge in [0.2, 0.25) is 0 Å². The molecule has 1 heteroatoms. The van der Waals surface area contributed by atoms with Crippen LogP contribution in [-0.2, 0) is 0 Å². The first kappa shape index (κ1) is 11.5. The zero-order chi connectivity index (χ0) is 13.1. The standard InChI is InChI=1S/C18H14O/c19-18(15-10-5-2-6-11-15)17-13-7-12-16(17)14-8-3-1-4-9-14/h1-13,19H/p-1/b18-17+. The van der Waals surface area contributed by atoms with Gasteiger partial charge < -0.3 is 5.11 Å². The second kappa shape index (κ2) is 4.99. The van der Waals surface area contributed by atoms with Crippen molar-refractivity contribution in [1.29, 1.82) is 0 Å². The van der Waals surface area contributed by atoms with Crippen LogP contribution in [-0.4, -0.2) is 0 Å². The molecule has 0 heterocycles. The molecule has 0 aromatic heterocycles. The van der Waals surface area contributed by atoms with Gasteiger partial charge in [-0.1, -0.05) is 84.7 Å². The van der Waals surface area contributed by atoms with Crippen LogP contribution in [0.2, 0.25) is 0 Å². The van der Waals surface area contributed by atoms with E-state index in [1.165, 1.54) is 0 Å². The fourth-order valence-electron chi connectivity index (χ4n) is 2.23. The topological polar surface area (TPSA) is 23.1 Å². The fraction of sp³-hybridized carbons (Fsp3) is 0. The SMILES string of the molecule is [O-]/C(=C1\C=CC=C1c1ccccc1)c1ccccc1. The predicted octanol–water partition coefficient (Wildman–Crippen LogP) is 3.41. The maximum Gasteiger partial charge on any atom is -0.0117 e. The van der Waals surface area contributed by atoms with Crippen molar-refractivity contribution in [2.75, 3.05) is 0 Å². The summed E-state index contributed by atoms with van der Waals surface area (Å²) in [5, 5.41) is 12.5. The third-order valence-corrected chi connectivity index (χ3v) is 3.18. The second-order valence-electron chi connectivity index (χ2n) is 4.41. The minimum atomic E-state index is 0.0736. The van der Waals surface area contributed by atoms with Crippen LogP contribution in [0.3, 0.4) is 0 Å². The van der Waals surface area contributed by atoms with Crippen LogP contribution in [0.25, 0.3) is 11.3 Å². The Balaban J connectivity index is 2.06. The molecule has 0 radical (unpaired) electrons. The lowest BCUT2D eigenvalue weighted by Crippen LogP contribution is -2.06. The van der Waals surface area contributed by atoms with Gasteiger partial charge >= 0.3 is 0 Å². The first-order valence-electron chi connectivity index (χ1n) is 6.27. The minimum Gasteiger partial charge on any atom is -0.872 e. The van der Waals surface area contributed by atoms with Crippen LogP contribution in [0, 0.1) is 0 Å². The summed E-state index contributed by atoms with van der Waals surface area (Å²) in [4.78, 5) is 0. The van der Waals surface area contributed by atoms with Gasteiger partial charge in [-0.2, -0.15) is 0 Å². The molecule has 2 aromatic carbocycles. The van der Waals surface area contributed by atoms with Crippen LogP contribution < -0.4 is 5.11 Å². The van der Waals surface area contributed by atoms with E-state index in [1.54, 1.807) is 0 Å². The highest BCUT2D eigenvalue weighted by molar-refractivity contribution is 5.92. The Bertz CT molecular complexity index is 661. The van der Waals surface area contributed by atoms with Gasteiger partial charge in [-0.15, -0.1) is 0 Å². The average Bonchev–Trinajstić information content (AvgIpc) is 2.98. The highest BCUT2D eigenvalue weighted by Gasteiger charge is 2.10. The Morgan fingerprint density at radius 1 is 0.789 bits per heavy atom. The van der Waals surface area contributed by atoms with Gasteiger partial charge in [-0.05, 0) is 22.3 Å². The van der Waals surface area contributed by atoms with Crippen molar-refractivity contribution in [3.63, 3.8) is 0 Å². The van der Waals surface area contributed by atoms with E-state index < -0.39 is 0 Å². The van der Waals surface area contributed by atoms with E-state index >= 15 is 0 Å². The molecule has 0 spiro atoms. The lowest BCUT2D eigenvalue weighted by atomic mass is 9.97. The monoisotopic (exact) mass is 245 g/mol. The Hall–Kier alpha value is -2.54. The molecule has 1 nitrogen and oxygen atoms in total. The van der Waals surface area contributed by atoms with Crippen LogP contribution in [0.5, 0.6) is 0 Å². The zero-order valence-electron chi connectivity index (χ0n) is 10.4. The summed E-state index contributed by atoms with van der Waals surface area (Å²) in [5.41, 5.74) is 3.56. The maximum atomic E-state index is 12.5. The fourth-order valence-corrected chi connectivity index (χ4v) is 2.23. The number of rotatable bonds is 2. The smallest absolute Gasteiger partial charge is 0.0117 e. The minimum absolute atomic E-state index is 0.0736. The van der Waals surface area contributed by atoms with Crippen molar-refractivity contribution in [2.24, 2.45) is 0 Å². The van der Waals surface area contributed by atoms with Crippen LogP contribution in [0.1, 0.15) is 11.1 Å². The van der Waals surface area contributed by atoms with Gasteiger partial charge in [0, 0.05) is 0 Å².